The van der Waals surface area contributed by atoms with Gasteiger partial charge in [-0.05, 0) is 31.0 Å². The molecule has 2 rings (SSSR count). The molecule has 0 amide bonds. The van der Waals surface area contributed by atoms with E-state index in [9.17, 15) is 14.7 Å². The van der Waals surface area contributed by atoms with Gasteiger partial charge in [-0.1, -0.05) is 13.8 Å². The fourth-order valence-corrected chi connectivity index (χ4v) is 3.00. The Bertz CT molecular complexity index is 766. The van der Waals surface area contributed by atoms with Crippen molar-refractivity contribution in [1.29, 1.82) is 0 Å². The monoisotopic (exact) mass is 349 g/mol. The number of esters is 1. The van der Waals surface area contributed by atoms with E-state index in [4.69, 9.17) is 9.47 Å². The van der Waals surface area contributed by atoms with E-state index in [1.54, 1.807) is 19.1 Å². The summed E-state index contributed by atoms with van der Waals surface area (Å²) in [4.78, 5) is 27.9. The average Bonchev–Trinajstić information content (AvgIpc) is 2.93. The lowest BCUT2D eigenvalue weighted by molar-refractivity contribution is 0.0604. The summed E-state index contributed by atoms with van der Waals surface area (Å²) < 4.78 is 10.3. The van der Waals surface area contributed by atoms with Crippen LogP contribution in [0.3, 0.4) is 0 Å². The molecule has 0 spiro atoms. The predicted molar refractivity (Wildman–Crippen MR) is 90.9 cm³/mol. The molecule has 128 valence electrons. The standard InChI is InChI=1S/C17H19NO5S/c1-9(2)8-23-13-6-5-11(7-12(13)16(19)20)15-18-10(3)14(24-15)17(21)22-4/h5-7,9H,8H2,1-4H3,(H,19,20). The smallest absolute Gasteiger partial charge is 0.349 e. The second-order valence-electron chi connectivity index (χ2n) is 5.65. The van der Waals surface area contributed by atoms with Gasteiger partial charge in [-0.2, -0.15) is 0 Å². The first-order valence-corrected chi connectivity index (χ1v) is 8.21. The molecule has 0 unspecified atom stereocenters. The fraction of sp³-hybridized carbons (Fsp3) is 0.353. The summed E-state index contributed by atoms with van der Waals surface area (Å²) in [5.74, 6) is -0.916. The number of hydrogen-bond donors (Lipinski definition) is 1. The number of rotatable bonds is 6. The lowest BCUT2D eigenvalue weighted by atomic mass is 10.1. The van der Waals surface area contributed by atoms with Crippen molar-refractivity contribution >= 4 is 23.3 Å². The molecule has 0 fully saturated rings. The number of thiazole rings is 1. The number of benzene rings is 1. The van der Waals surface area contributed by atoms with Crippen LogP contribution in [-0.2, 0) is 4.74 Å². The Kier molecular flexibility index (Phi) is 5.56. The van der Waals surface area contributed by atoms with Crippen LogP contribution < -0.4 is 4.74 Å². The zero-order valence-corrected chi connectivity index (χ0v) is 14.8. The number of aromatic nitrogens is 1. The highest BCUT2D eigenvalue weighted by Crippen LogP contribution is 2.32. The zero-order chi connectivity index (χ0) is 17.9. The van der Waals surface area contributed by atoms with Crippen LogP contribution in [-0.4, -0.2) is 35.7 Å². The van der Waals surface area contributed by atoms with E-state index in [1.807, 2.05) is 13.8 Å². The van der Waals surface area contributed by atoms with Gasteiger partial charge in [0.15, 0.2) is 0 Å². The van der Waals surface area contributed by atoms with Crippen LogP contribution in [0.15, 0.2) is 18.2 Å². The molecule has 1 aromatic carbocycles. The molecular weight excluding hydrogens is 330 g/mol. The summed E-state index contributed by atoms with van der Waals surface area (Å²) in [6, 6.07) is 4.87. The van der Waals surface area contributed by atoms with Crippen LogP contribution in [0.5, 0.6) is 5.75 Å². The van der Waals surface area contributed by atoms with E-state index in [-0.39, 0.29) is 11.5 Å². The van der Waals surface area contributed by atoms with Gasteiger partial charge in [-0.3, -0.25) is 0 Å². The summed E-state index contributed by atoms with van der Waals surface area (Å²) in [5.41, 5.74) is 1.24. The van der Waals surface area contributed by atoms with Crippen molar-refractivity contribution in [2.24, 2.45) is 5.92 Å². The number of aromatic carboxylic acids is 1. The third-order valence-corrected chi connectivity index (χ3v) is 4.38. The van der Waals surface area contributed by atoms with E-state index >= 15 is 0 Å². The molecule has 0 atom stereocenters. The number of carboxylic acid groups (broad SMARTS) is 1. The van der Waals surface area contributed by atoms with Gasteiger partial charge in [0.1, 0.15) is 21.2 Å². The Labute approximate surface area is 144 Å². The van der Waals surface area contributed by atoms with Gasteiger partial charge in [0.2, 0.25) is 0 Å². The highest BCUT2D eigenvalue weighted by molar-refractivity contribution is 7.17. The van der Waals surface area contributed by atoms with E-state index in [1.165, 1.54) is 24.5 Å². The normalized spacial score (nSPS) is 10.7. The third-order valence-electron chi connectivity index (χ3n) is 3.20. The van der Waals surface area contributed by atoms with Gasteiger partial charge in [-0.25, -0.2) is 14.6 Å². The molecule has 0 saturated heterocycles. The quantitative estimate of drug-likeness (QED) is 0.801. The molecule has 6 nitrogen and oxygen atoms in total. The lowest BCUT2D eigenvalue weighted by Crippen LogP contribution is -2.08. The first-order chi connectivity index (χ1) is 11.3. The van der Waals surface area contributed by atoms with Gasteiger partial charge in [0.05, 0.1) is 19.4 Å². The molecular formula is C17H19NO5S. The lowest BCUT2D eigenvalue weighted by Gasteiger charge is -2.11. The van der Waals surface area contributed by atoms with Crippen molar-refractivity contribution in [3.05, 3.63) is 34.3 Å². The van der Waals surface area contributed by atoms with Crippen molar-refractivity contribution in [2.75, 3.05) is 13.7 Å². The Morgan fingerprint density at radius 1 is 1.33 bits per heavy atom. The first kappa shape index (κ1) is 17.9. The predicted octanol–water partition coefficient (Wildman–Crippen LogP) is 3.64. The summed E-state index contributed by atoms with van der Waals surface area (Å²) >= 11 is 1.17. The minimum Gasteiger partial charge on any atom is -0.492 e. The van der Waals surface area contributed by atoms with E-state index < -0.39 is 11.9 Å². The number of carbonyl (C=O) groups excluding carboxylic acids is 1. The second kappa shape index (κ2) is 7.44. The summed E-state index contributed by atoms with van der Waals surface area (Å²) in [5, 5.41) is 9.98. The first-order valence-electron chi connectivity index (χ1n) is 7.39. The molecule has 0 saturated carbocycles. The minimum atomic E-state index is -1.07. The van der Waals surface area contributed by atoms with Crippen LogP contribution >= 0.6 is 11.3 Å². The van der Waals surface area contributed by atoms with Gasteiger partial charge >= 0.3 is 11.9 Å². The van der Waals surface area contributed by atoms with Crippen LogP contribution in [0.4, 0.5) is 0 Å². The number of nitrogens with zero attached hydrogens (tertiary/aromatic N) is 1. The summed E-state index contributed by atoms with van der Waals surface area (Å²) in [6.07, 6.45) is 0. The van der Waals surface area contributed by atoms with Crippen molar-refractivity contribution in [3.8, 4) is 16.3 Å². The number of ether oxygens (including phenoxy) is 2. The Hall–Kier alpha value is -2.41. The second-order valence-corrected chi connectivity index (χ2v) is 6.65. The van der Waals surface area contributed by atoms with Crippen LogP contribution in [0.2, 0.25) is 0 Å². The molecule has 0 aliphatic heterocycles. The van der Waals surface area contributed by atoms with Gasteiger partial charge in [-0.15, -0.1) is 11.3 Å². The van der Waals surface area contributed by atoms with Crippen molar-refractivity contribution < 1.29 is 24.2 Å². The molecule has 1 aromatic heterocycles. The molecule has 24 heavy (non-hydrogen) atoms. The van der Waals surface area contributed by atoms with Gasteiger partial charge < -0.3 is 14.6 Å². The topological polar surface area (TPSA) is 85.7 Å². The van der Waals surface area contributed by atoms with Crippen molar-refractivity contribution in [3.63, 3.8) is 0 Å². The molecule has 1 N–H and O–H groups in total. The maximum absolute atomic E-state index is 11.7. The highest BCUT2D eigenvalue weighted by Gasteiger charge is 2.19. The van der Waals surface area contributed by atoms with Gasteiger partial charge in [0.25, 0.3) is 0 Å². The van der Waals surface area contributed by atoms with E-state index in [0.29, 0.717) is 33.5 Å². The Morgan fingerprint density at radius 2 is 2.04 bits per heavy atom. The largest absolute Gasteiger partial charge is 0.492 e. The highest BCUT2D eigenvalue weighted by atomic mass is 32.1. The molecule has 0 radical (unpaired) electrons. The molecule has 0 aliphatic carbocycles. The van der Waals surface area contributed by atoms with Gasteiger partial charge in [0, 0.05) is 5.56 Å². The molecule has 7 heteroatoms. The average molecular weight is 349 g/mol. The number of carboxylic acids is 1. The van der Waals surface area contributed by atoms with Crippen LogP contribution in [0.1, 0.15) is 39.6 Å². The minimum absolute atomic E-state index is 0.0700. The van der Waals surface area contributed by atoms with Crippen molar-refractivity contribution in [1.82, 2.24) is 4.98 Å². The van der Waals surface area contributed by atoms with E-state index in [0.717, 1.165) is 0 Å². The van der Waals surface area contributed by atoms with E-state index in [2.05, 4.69) is 4.98 Å². The number of hydrogen-bond acceptors (Lipinski definition) is 6. The summed E-state index contributed by atoms with van der Waals surface area (Å²) in [6.45, 7) is 6.12. The fourth-order valence-electron chi connectivity index (χ4n) is 2.01. The number of carbonyl (C=O) groups is 2. The Morgan fingerprint density at radius 3 is 2.62 bits per heavy atom. The molecule has 0 aliphatic rings. The number of aryl methyl sites for hydroxylation is 1. The third kappa shape index (κ3) is 3.91. The molecule has 1 heterocycles. The SMILES string of the molecule is COC(=O)c1sc(-c2ccc(OCC(C)C)c(C(=O)O)c2)nc1C. The molecule has 0 bridgehead atoms. The maximum Gasteiger partial charge on any atom is 0.349 e. The zero-order valence-electron chi connectivity index (χ0n) is 14.0. The van der Waals surface area contributed by atoms with Crippen LogP contribution in [0.25, 0.3) is 10.6 Å². The van der Waals surface area contributed by atoms with Crippen molar-refractivity contribution in [2.45, 2.75) is 20.8 Å². The summed E-state index contributed by atoms with van der Waals surface area (Å²) in [7, 11) is 1.31. The number of methoxy groups -OCH3 is 1. The molecule has 2 aromatic rings. The maximum atomic E-state index is 11.7. The van der Waals surface area contributed by atoms with Crippen LogP contribution in [0, 0.1) is 12.8 Å². The Balaban J connectivity index is 2.40.